The second kappa shape index (κ2) is 4.62. The maximum absolute atomic E-state index is 11.2. The molecule has 5 heteroatoms. The zero-order chi connectivity index (χ0) is 11.4. The lowest BCUT2D eigenvalue weighted by Gasteiger charge is -2.39. The van der Waals surface area contributed by atoms with Crippen LogP contribution >= 0.6 is 0 Å². The normalized spacial score (nSPS) is 14.7. The van der Waals surface area contributed by atoms with Gasteiger partial charge in [-0.15, -0.1) is 0 Å². The summed E-state index contributed by atoms with van der Waals surface area (Å²) in [7, 11) is 0. The summed E-state index contributed by atoms with van der Waals surface area (Å²) in [6.07, 6.45) is 3.22. The van der Waals surface area contributed by atoms with Crippen molar-refractivity contribution in [3.8, 4) is 11.8 Å². The van der Waals surface area contributed by atoms with Crippen LogP contribution in [-0.2, 0) is 4.79 Å². The molecule has 0 saturated carbocycles. The van der Waals surface area contributed by atoms with Gasteiger partial charge < -0.3 is 10.2 Å². The van der Waals surface area contributed by atoms with Crippen molar-refractivity contribution in [2.24, 2.45) is 0 Å². The minimum absolute atomic E-state index is 0.170. The molecule has 1 amide bonds. The van der Waals surface area contributed by atoms with Crippen molar-refractivity contribution in [2.45, 2.75) is 13.0 Å². The van der Waals surface area contributed by atoms with Crippen LogP contribution in [0.1, 0.15) is 6.92 Å². The third kappa shape index (κ3) is 2.28. The number of rotatable bonds is 2. The first-order valence-electron chi connectivity index (χ1n) is 5.04. The van der Waals surface area contributed by atoms with Crippen LogP contribution in [0.15, 0.2) is 18.6 Å². The SMILES string of the molecule is CC#CC(=O)NC1CN(c2ccncn2)C1. The highest BCUT2D eigenvalue weighted by molar-refractivity contribution is 5.93. The van der Waals surface area contributed by atoms with Crippen LogP contribution in [0.25, 0.3) is 0 Å². The van der Waals surface area contributed by atoms with Gasteiger partial charge in [-0.2, -0.15) is 0 Å². The second-order valence-corrected chi connectivity index (χ2v) is 3.52. The molecule has 1 aliphatic rings. The van der Waals surface area contributed by atoms with E-state index in [-0.39, 0.29) is 11.9 Å². The summed E-state index contributed by atoms with van der Waals surface area (Å²) in [5.74, 6) is 5.70. The summed E-state index contributed by atoms with van der Waals surface area (Å²) in [5, 5.41) is 2.82. The monoisotopic (exact) mass is 216 g/mol. The van der Waals surface area contributed by atoms with E-state index in [0.717, 1.165) is 18.9 Å². The molecule has 1 saturated heterocycles. The average Bonchev–Trinajstić information content (AvgIpc) is 2.24. The van der Waals surface area contributed by atoms with Gasteiger partial charge in [-0.05, 0) is 18.9 Å². The van der Waals surface area contributed by atoms with Crippen molar-refractivity contribution in [3.63, 3.8) is 0 Å². The quantitative estimate of drug-likeness (QED) is 0.696. The van der Waals surface area contributed by atoms with E-state index >= 15 is 0 Å². The Morgan fingerprint density at radius 1 is 1.62 bits per heavy atom. The summed E-state index contributed by atoms with van der Waals surface area (Å²) >= 11 is 0. The molecular formula is C11H12N4O. The third-order valence-corrected chi connectivity index (χ3v) is 2.35. The van der Waals surface area contributed by atoms with E-state index in [1.54, 1.807) is 13.1 Å². The van der Waals surface area contributed by atoms with Crippen LogP contribution in [0, 0.1) is 11.8 Å². The van der Waals surface area contributed by atoms with Crippen molar-refractivity contribution < 1.29 is 4.79 Å². The zero-order valence-corrected chi connectivity index (χ0v) is 8.97. The lowest BCUT2D eigenvalue weighted by atomic mass is 10.1. The molecule has 0 spiro atoms. The van der Waals surface area contributed by atoms with Gasteiger partial charge in [-0.3, -0.25) is 4.79 Å². The van der Waals surface area contributed by atoms with Crippen molar-refractivity contribution in [3.05, 3.63) is 18.6 Å². The molecule has 5 nitrogen and oxygen atoms in total. The number of carbonyl (C=O) groups is 1. The van der Waals surface area contributed by atoms with Crippen molar-refractivity contribution in [1.29, 1.82) is 0 Å². The van der Waals surface area contributed by atoms with Crippen LogP contribution in [0.5, 0.6) is 0 Å². The fourth-order valence-corrected chi connectivity index (χ4v) is 1.56. The van der Waals surface area contributed by atoms with Gasteiger partial charge in [0.05, 0.1) is 6.04 Å². The molecule has 0 aromatic carbocycles. The maximum Gasteiger partial charge on any atom is 0.296 e. The van der Waals surface area contributed by atoms with Gasteiger partial charge in [-0.25, -0.2) is 9.97 Å². The Bertz CT molecular complexity index is 428. The van der Waals surface area contributed by atoms with Gasteiger partial charge >= 0.3 is 0 Å². The van der Waals surface area contributed by atoms with Gasteiger partial charge in [0.1, 0.15) is 12.1 Å². The van der Waals surface area contributed by atoms with E-state index in [2.05, 4.69) is 32.0 Å². The Kier molecular flexibility index (Phi) is 3.01. The molecule has 16 heavy (non-hydrogen) atoms. The third-order valence-electron chi connectivity index (χ3n) is 2.35. The number of nitrogens with one attached hydrogen (secondary N) is 1. The predicted octanol–water partition coefficient (Wildman–Crippen LogP) is -0.195. The molecule has 1 aromatic rings. The number of hydrogen-bond acceptors (Lipinski definition) is 4. The smallest absolute Gasteiger partial charge is 0.296 e. The molecule has 0 aliphatic carbocycles. The van der Waals surface area contributed by atoms with E-state index in [9.17, 15) is 4.79 Å². The Balaban J connectivity index is 1.82. The van der Waals surface area contributed by atoms with Crippen molar-refractivity contribution in [2.75, 3.05) is 18.0 Å². The fourth-order valence-electron chi connectivity index (χ4n) is 1.56. The molecule has 0 unspecified atom stereocenters. The molecule has 2 rings (SSSR count). The van der Waals surface area contributed by atoms with Crippen LogP contribution in [0.2, 0.25) is 0 Å². The summed E-state index contributed by atoms with van der Waals surface area (Å²) in [6.45, 7) is 3.19. The number of nitrogens with zero attached hydrogens (tertiary/aromatic N) is 3. The first-order valence-corrected chi connectivity index (χ1v) is 5.04. The van der Waals surface area contributed by atoms with Gasteiger partial charge in [0.2, 0.25) is 0 Å². The number of hydrogen-bond donors (Lipinski definition) is 1. The molecule has 1 N–H and O–H groups in total. The van der Waals surface area contributed by atoms with E-state index in [0.29, 0.717) is 0 Å². The minimum atomic E-state index is -0.213. The van der Waals surface area contributed by atoms with E-state index in [4.69, 9.17) is 0 Å². The average molecular weight is 216 g/mol. The Labute approximate surface area is 93.9 Å². The number of anilines is 1. The standard InChI is InChI=1S/C11H12N4O/c1-2-3-11(16)14-9-6-15(7-9)10-4-5-12-8-13-10/h4-5,8-9H,6-7H2,1H3,(H,14,16). The van der Waals surface area contributed by atoms with Gasteiger partial charge in [-0.1, -0.05) is 5.92 Å². The van der Waals surface area contributed by atoms with Gasteiger partial charge in [0.15, 0.2) is 0 Å². The molecule has 2 heterocycles. The van der Waals surface area contributed by atoms with Crippen molar-refractivity contribution in [1.82, 2.24) is 15.3 Å². The lowest BCUT2D eigenvalue weighted by Crippen LogP contribution is -2.59. The largest absolute Gasteiger partial charge is 0.352 e. The van der Waals surface area contributed by atoms with Gasteiger partial charge in [0.25, 0.3) is 5.91 Å². The van der Waals surface area contributed by atoms with Crippen LogP contribution in [-0.4, -0.2) is 35.0 Å². The molecule has 0 bridgehead atoms. The number of carbonyl (C=O) groups excluding carboxylic acids is 1. The second-order valence-electron chi connectivity index (χ2n) is 3.52. The van der Waals surface area contributed by atoms with Gasteiger partial charge in [0, 0.05) is 19.3 Å². The molecule has 82 valence electrons. The summed E-state index contributed by atoms with van der Waals surface area (Å²) < 4.78 is 0. The Hall–Kier alpha value is -2.09. The molecular weight excluding hydrogens is 204 g/mol. The van der Waals surface area contributed by atoms with E-state index < -0.39 is 0 Å². The summed E-state index contributed by atoms with van der Waals surface area (Å²) in [6, 6.07) is 2.02. The van der Waals surface area contributed by atoms with Crippen molar-refractivity contribution >= 4 is 11.7 Å². The first-order chi connectivity index (χ1) is 7.79. The number of amides is 1. The van der Waals surface area contributed by atoms with Crippen LogP contribution in [0.4, 0.5) is 5.82 Å². The predicted molar refractivity (Wildman–Crippen MR) is 59.6 cm³/mol. The lowest BCUT2D eigenvalue weighted by molar-refractivity contribution is -0.116. The highest BCUT2D eigenvalue weighted by atomic mass is 16.1. The Morgan fingerprint density at radius 3 is 3.06 bits per heavy atom. The minimum Gasteiger partial charge on any atom is -0.352 e. The molecule has 1 fully saturated rings. The molecule has 1 aliphatic heterocycles. The summed E-state index contributed by atoms with van der Waals surface area (Å²) in [4.78, 5) is 21.2. The molecule has 0 radical (unpaired) electrons. The maximum atomic E-state index is 11.2. The van der Waals surface area contributed by atoms with E-state index in [1.807, 2.05) is 6.07 Å². The highest BCUT2D eigenvalue weighted by Gasteiger charge is 2.28. The zero-order valence-electron chi connectivity index (χ0n) is 8.97. The Morgan fingerprint density at radius 2 is 2.44 bits per heavy atom. The van der Waals surface area contributed by atoms with Crippen LogP contribution in [0.3, 0.4) is 0 Å². The molecule has 0 atom stereocenters. The topological polar surface area (TPSA) is 58.1 Å². The fraction of sp³-hybridized carbons (Fsp3) is 0.364. The molecule has 1 aromatic heterocycles. The van der Waals surface area contributed by atoms with Crippen LogP contribution < -0.4 is 10.2 Å². The summed E-state index contributed by atoms with van der Waals surface area (Å²) in [5.41, 5.74) is 0. The highest BCUT2D eigenvalue weighted by Crippen LogP contribution is 2.16. The van der Waals surface area contributed by atoms with E-state index in [1.165, 1.54) is 6.33 Å². The first kappa shape index (κ1) is 10.4. The number of aromatic nitrogens is 2.